The predicted molar refractivity (Wildman–Crippen MR) is 95.6 cm³/mol. The van der Waals surface area contributed by atoms with Crippen LogP contribution in [0, 0.1) is 5.82 Å². The van der Waals surface area contributed by atoms with Gasteiger partial charge in [0, 0.05) is 17.4 Å². The number of hydrazine groups is 1. The molecule has 0 saturated carbocycles. The van der Waals surface area contributed by atoms with Crippen molar-refractivity contribution in [3.05, 3.63) is 51.8 Å². The minimum Gasteiger partial charge on any atom is -0.309 e. The molecule has 2 aromatic rings. The zero-order chi connectivity index (χ0) is 18.4. The van der Waals surface area contributed by atoms with Crippen LogP contribution in [0.25, 0.3) is 11.1 Å². The third-order valence-corrected chi connectivity index (χ3v) is 5.42. The van der Waals surface area contributed by atoms with E-state index in [0.717, 1.165) is 12.3 Å². The van der Waals surface area contributed by atoms with E-state index in [4.69, 9.17) is 28.9 Å². The molecular formula is C15H13Cl2FN4O2S. The second kappa shape index (κ2) is 6.22. The van der Waals surface area contributed by atoms with Gasteiger partial charge in [0.25, 0.3) is 0 Å². The molecule has 1 heterocycles. The lowest BCUT2D eigenvalue weighted by Crippen LogP contribution is -2.49. The van der Waals surface area contributed by atoms with Crippen LogP contribution in [-0.4, -0.2) is 21.0 Å². The van der Waals surface area contributed by atoms with Gasteiger partial charge in [-0.05, 0) is 29.8 Å². The second-order valence-corrected chi connectivity index (χ2v) is 8.32. The molecule has 4 N–H and O–H groups in total. The first-order valence-electron chi connectivity index (χ1n) is 6.96. The molecule has 0 aliphatic carbocycles. The van der Waals surface area contributed by atoms with Crippen LogP contribution in [-0.2, 0) is 15.6 Å². The van der Waals surface area contributed by atoms with Crippen molar-refractivity contribution in [1.82, 2.24) is 10.9 Å². The Labute approximate surface area is 153 Å². The Morgan fingerprint density at radius 2 is 1.84 bits per heavy atom. The van der Waals surface area contributed by atoms with Gasteiger partial charge in [-0.15, -0.1) is 0 Å². The maximum Gasteiger partial charge on any atom is 0.206 e. The summed E-state index contributed by atoms with van der Waals surface area (Å²) in [5.74, 6) is -2.10. The van der Waals surface area contributed by atoms with Crippen LogP contribution in [0.2, 0.25) is 10.0 Å². The summed E-state index contributed by atoms with van der Waals surface area (Å²) in [4.78, 5) is 3.67. The first kappa shape index (κ1) is 18.1. The normalized spacial score (nSPS) is 19.9. The Bertz CT molecular complexity index is 974. The van der Waals surface area contributed by atoms with Crippen LogP contribution in [0.4, 0.5) is 4.39 Å². The number of nitrogens with two attached hydrogens (primary N) is 1. The fourth-order valence-electron chi connectivity index (χ4n) is 2.48. The van der Waals surface area contributed by atoms with Crippen molar-refractivity contribution in [3.8, 4) is 11.1 Å². The molecular weight excluding hydrogens is 390 g/mol. The average Bonchev–Trinajstić information content (AvgIpc) is 2.93. The largest absolute Gasteiger partial charge is 0.309 e. The molecule has 1 aliphatic rings. The number of hydrogen-bond acceptors (Lipinski definition) is 6. The van der Waals surface area contributed by atoms with Crippen molar-refractivity contribution in [2.24, 2.45) is 10.7 Å². The van der Waals surface area contributed by atoms with Gasteiger partial charge in [-0.3, -0.25) is 5.73 Å². The van der Waals surface area contributed by atoms with E-state index >= 15 is 0 Å². The zero-order valence-electron chi connectivity index (χ0n) is 12.8. The van der Waals surface area contributed by atoms with Gasteiger partial charge in [0.15, 0.2) is 9.84 Å². The topological polar surface area (TPSA) is 96.6 Å². The van der Waals surface area contributed by atoms with Crippen molar-refractivity contribution in [1.29, 1.82) is 0 Å². The Balaban J connectivity index is 2.10. The maximum atomic E-state index is 14.2. The minimum atomic E-state index is -3.67. The molecule has 25 heavy (non-hydrogen) atoms. The van der Waals surface area contributed by atoms with Crippen LogP contribution < -0.4 is 16.6 Å². The third-order valence-electron chi connectivity index (χ3n) is 3.70. The van der Waals surface area contributed by atoms with E-state index in [1.54, 1.807) is 12.1 Å². The van der Waals surface area contributed by atoms with Gasteiger partial charge >= 0.3 is 0 Å². The lowest BCUT2D eigenvalue weighted by Gasteiger charge is -2.22. The van der Waals surface area contributed by atoms with E-state index in [2.05, 4.69) is 15.8 Å². The zero-order valence-corrected chi connectivity index (χ0v) is 15.2. The molecule has 1 aliphatic heterocycles. The average molecular weight is 403 g/mol. The van der Waals surface area contributed by atoms with Gasteiger partial charge in [-0.1, -0.05) is 29.3 Å². The van der Waals surface area contributed by atoms with Crippen LogP contribution in [0.15, 0.2) is 40.2 Å². The number of sulfone groups is 1. The van der Waals surface area contributed by atoms with Gasteiger partial charge in [0.05, 0.1) is 10.0 Å². The Hall–Kier alpha value is -1.71. The summed E-state index contributed by atoms with van der Waals surface area (Å²) >= 11 is 12.6. The molecule has 2 aromatic carbocycles. The van der Waals surface area contributed by atoms with Crippen molar-refractivity contribution < 1.29 is 12.8 Å². The molecule has 0 aromatic heterocycles. The van der Waals surface area contributed by atoms with Gasteiger partial charge in [-0.25, -0.2) is 17.8 Å². The molecule has 0 radical (unpaired) electrons. The highest BCUT2D eigenvalue weighted by molar-refractivity contribution is 7.90. The van der Waals surface area contributed by atoms with E-state index < -0.39 is 26.3 Å². The number of halogens is 3. The molecule has 1 atom stereocenters. The van der Waals surface area contributed by atoms with Gasteiger partial charge < -0.3 is 5.43 Å². The lowest BCUT2D eigenvalue weighted by atomic mass is 10.0. The van der Waals surface area contributed by atoms with E-state index in [0.29, 0.717) is 16.7 Å². The molecule has 0 spiro atoms. The summed E-state index contributed by atoms with van der Waals surface area (Å²) in [5.41, 5.74) is 12.7. The summed E-state index contributed by atoms with van der Waals surface area (Å²) < 4.78 is 37.2. The van der Waals surface area contributed by atoms with E-state index in [1.165, 1.54) is 18.5 Å². The van der Waals surface area contributed by atoms with Crippen molar-refractivity contribution >= 4 is 39.4 Å². The van der Waals surface area contributed by atoms with Gasteiger partial charge in [0.2, 0.25) is 5.79 Å². The summed E-state index contributed by atoms with van der Waals surface area (Å²) in [6, 6.07) is 6.82. The molecule has 10 heteroatoms. The van der Waals surface area contributed by atoms with Crippen molar-refractivity contribution in [3.63, 3.8) is 0 Å². The highest BCUT2D eigenvalue weighted by Crippen LogP contribution is 2.38. The highest BCUT2D eigenvalue weighted by atomic mass is 35.5. The van der Waals surface area contributed by atoms with Crippen LogP contribution in [0.3, 0.4) is 0 Å². The van der Waals surface area contributed by atoms with Crippen LogP contribution >= 0.6 is 23.2 Å². The number of nitrogens with one attached hydrogen (secondary N) is 2. The fourth-order valence-corrected chi connectivity index (χ4v) is 3.92. The van der Waals surface area contributed by atoms with Crippen molar-refractivity contribution in [2.75, 3.05) is 6.26 Å². The number of benzene rings is 2. The molecule has 0 bridgehead atoms. The SMILES string of the molecule is CS(=O)(=O)c1ccc(-c2c(Cl)cc(C3(N)N=CNN3)cc2Cl)cc1F. The monoisotopic (exact) mass is 402 g/mol. The summed E-state index contributed by atoms with van der Waals surface area (Å²) in [7, 11) is -3.67. The van der Waals surface area contributed by atoms with E-state index in [9.17, 15) is 12.8 Å². The number of rotatable bonds is 3. The highest BCUT2D eigenvalue weighted by Gasteiger charge is 2.30. The Kier molecular flexibility index (Phi) is 4.50. The van der Waals surface area contributed by atoms with Crippen LogP contribution in [0.1, 0.15) is 5.56 Å². The maximum absolute atomic E-state index is 14.2. The molecule has 0 amide bonds. The van der Waals surface area contributed by atoms with Crippen LogP contribution in [0.5, 0.6) is 0 Å². The molecule has 132 valence electrons. The Morgan fingerprint density at radius 1 is 1.20 bits per heavy atom. The number of hydrogen-bond donors (Lipinski definition) is 3. The fraction of sp³-hybridized carbons (Fsp3) is 0.133. The smallest absolute Gasteiger partial charge is 0.206 e. The Morgan fingerprint density at radius 3 is 2.32 bits per heavy atom. The van der Waals surface area contributed by atoms with Crippen molar-refractivity contribution in [2.45, 2.75) is 10.7 Å². The van der Waals surface area contributed by atoms with Gasteiger partial charge in [-0.2, -0.15) is 5.43 Å². The van der Waals surface area contributed by atoms with Gasteiger partial charge in [0.1, 0.15) is 17.1 Å². The standard InChI is InChI=1S/C15H13Cl2FN4O2S/c1-25(23,24)13-3-2-8(4-12(13)18)14-10(16)5-9(6-11(14)17)15(19)20-7-21-22-15/h2-7,22H,19H2,1H3,(H,20,21). The summed E-state index contributed by atoms with van der Waals surface area (Å²) in [5, 5.41) is 0.450. The second-order valence-electron chi connectivity index (χ2n) is 5.53. The molecule has 0 saturated heterocycles. The molecule has 6 nitrogen and oxygen atoms in total. The quantitative estimate of drug-likeness (QED) is 0.732. The third kappa shape index (κ3) is 3.36. The molecule has 0 fully saturated rings. The van der Waals surface area contributed by atoms with E-state index in [1.807, 2.05) is 0 Å². The summed E-state index contributed by atoms with van der Waals surface area (Å²) in [6.07, 6.45) is 2.33. The summed E-state index contributed by atoms with van der Waals surface area (Å²) in [6.45, 7) is 0. The first-order chi connectivity index (χ1) is 11.6. The molecule has 3 rings (SSSR count). The molecule has 1 unspecified atom stereocenters. The van der Waals surface area contributed by atoms with E-state index in [-0.39, 0.29) is 10.0 Å². The minimum absolute atomic E-state index is 0.225. The first-order valence-corrected chi connectivity index (χ1v) is 9.61. The lowest BCUT2D eigenvalue weighted by molar-refractivity contribution is 0.375. The predicted octanol–water partition coefficient (Wildman–Crippen LogP) is 2.41. The number of nitrogens with zero attached hydrogens (tertiary/aromatic N) is 1. The number of aliphatic imine (C=N–C) groups is 1.